The van der Waals surface area contributed by atoms with Crippen molar-refractivity contribution in [2.75, 3.05) is 58.6 Å². The van der Waals surface area contributed by atoms with E-state index >= 15 is 0 Å². The number of rotatable bonds is 14. The molecular formula is C17H42O13S. The largest absolute Gasteiger partial charge is 0.394 e. The highest BCUT2D eigenvalue weighted by molar-refractivity contribution is 7.85. The molecule has 0 fully saturated rings. The molecule has 0 saturated carbocycles. The van der Waals surface area contributed by atoms with Crippen LogP contribution in [-0.2, 0) is 19.6 Å². The molecule has 0 aliphatic rings. The molecule has 0 aliphatic carbocycles. The first kappa shape index (κ1) is 37.8. The maximum atomic E-state index is 10.5. The van der Waals surface area contributed by atoms with Crippen LogP contribution in [0.15, 0.2) is 0 Å². The van der Waals surface area contributed by atoms with Crippen LogP contribution in [0.2, 0.25) is 0 Å². The fraction of sp³-hybridized carbons (Fsp3) is 1.00. The molecule has 13 nitrogen and oxygen atoms in total. The van der Waals surface area contributed by atoms with Crippen molar-refractivity contribution in [3.63, 3.8) is 0 Å². The lowest BCUT2D eigenvalue weighted by molar-refractivity contribution is -0.141. The van der Waals surface area contributed by atoms with Crippen molar-refractivity contribution in [1.82, 2.24) is 0 Å². The lowest BCUT2D eigenvalue weighted by Gasteiger charge is -2.19. The quantitative estimate of drug-likeness (QED) is 0.0884. The van der Waals surface area contributed by atoms with Gasteiger partial charge in [0, 0.05) is 13.2 Å². The maximum absolute atomic E-state index is 10.5. The Morgan fingerprint density at radius 1 is 0.677 bits per heavy atom. The third kappa shape index (κ3) is 40.4. The summed E-state index contributed by atoms with van der Waals surface area (Å²) in [6, 6.07) is 0. The summed E-state index contributed by atoms with van der Waals surface area (Å²) in [7, 11) is -4.29. The van der Waals surface area contributed by atoms with Crippen LogP contribution in [0.4, 0.5) is 0 Å². The summed E-state index contributed by atoms with van der Waals surface area (Å²) >= 11 is 0. The Balaban J connectivity index is -0.000000247. The topological polar surface area (TPSA) is 235 Å². The van der Waals surface area contributed by atoms with Crippen LogP contribution >= 0.6 is 0 Å². The second kappa shape index (κ2) is 29.5. The van der Waals surface area contributed by atoms with Gasteiger partial charge in [0.1, 0.15) is 5.75 Å². The van der Waals surface area contributed by atoms with Crippen molar-refractivity contribution >= 4 is 10.1 Å². The SMILES string of the molecule is CCOC(CCCC(O)C(O)CS(=O)(=O)O)OCC.OCCO.OCCO.OCCO. The summed E-state index contributed by atoms with van der Waals surface area (Å²) in [4.78, 5) is 0. The standard InChI is InChI=1S/C11H24O7S.3C2H6O2/c1-3-17-11(18-4-2)7-5-6-9(12)10(13)8-19(14,15)16;3*3-1-2-4/h9-13H,3-8H2,1-2H3,(H,14,15,16);3*3-4H,1-2H2. The number of aliphatic hydroxyl groups excluding tert-OH is 8. The van der Waals surface area contributed by atoms with E-state index in [2.05, 4.69) is 0 Å². The van der Waals surface area contributed by atoms with Gasteiger partial charge in [-0.3, -0.25) is 4.55 Å². The lowest BCUT2D eigenvalue weighted by Crippen LogP contribution is -2.33. The molecule has 0 rings (SSSR count). The molecule has 9 N–H and O–H groups in total. The minimum absolute atomic E-state index is 0.125. The smallest absolute Gasteiger partial charge is 0.267 e. The van der Waals surface area contributed by atoms with Crippen LogP contribution in [0.5, 0.6) is 0 Å². The van der Waals surface area contributed by atoms with Crippen LogP contribution < -0.4 is 0 Å². The van der Waals surface area contributed by atoms with Crippen LogP contribution in [0.1, 0.15) is 33.1 Å². The molecule has 0 spiro atoms. The molecule has 0 saturated heterocycles. The average molecular weight is 487 g/mol. The van der Waals surface area contributed by atoms with Crippen LogP contribution in [0, 0.1) is 0 Å². The highest BCUT2D eigenvalue weighted by atomic mass is 32.2. The predicted octanol–water partition coefficient (Wildman–Crippen LogP) is -2.92. The number of hydrogen-bond donors (Lipinski definition) is 9. The minimum atomic E-state index is -4.29. The van der Waals surface area contributed by atoms with E-state index in [1.807, 2.05) is 13.8 Å². The molecule has 31 heavy (non-hydrogen) atoms. The van der Waals surface area contributed by atoms with Crippen molar-refractivity contribution in [2.24, 2.45) is 0 Å². The fourth-order valence-electron chi connectivity index (χ4n) is 1.60. The Hall–Kier alpha value is -0.490. The Morgan fingerprint density at radius 3 is 1.29 bits per heavy atom. The van der Waals surface area contributed by atoms with Crippen molar-refractivity contribution in [1.29, 1.82) is 0 Å². The summed E-state index contributed by atoms with van der Waals surface area (Å²) in [5, 5.41) is 64.7. The molecule has 0 aromatic carbocycles. The summed E-state index contributed by atoms with van der Waals surface area (Å²) in [6.45, 7) is 3.96. The van der Waals surface area contributed by atoms with Crippen molar-refractivity contribution < 1.29 is 63.3 Å². The molecule has 194 valence electrons. The van der Waals surface area contributed by atoms with E-state index in [4.69, 9.17) is 44.7 Å². The van der Waals surface area contributed by atoms with Gasteiger partial charge >= 0.3 is 0 Å². The molecule has 2 unspecified atom stereocenters. The highest BCUT2D eigenvalue weighted by Crippen LogP contribution is 2.11. The zero-order valence-corrected chi connectivity index (χ0v) is 19.1. The van der Waals surface area contributed by atoms with Crippen LogP contribution in [-0.4, -0.2) is 131 Å². The normalized spacial score (nSPS) is 12.5. The Kier molecular flexibility index (Phi) is 36.0. The average Bonchev–Trinajstić information content (AvgIpc) is 2.73. The number of aliphatic hydroxyl groups is 8. The first-order chi connectivity index (χ1) is 14.5. The minimum Gasteiger partial charge on any atom is -0.394 e. The molecule has 0 bridgehead atoms. The summed E-state index contributed by atoms with van der Waals surface area (Å²) in [6.07, 6.45) is -1.81. The molecule has 0 aromatic rings. The number of hydrogen-bond acceptors (Lipinski definition) is 12. The highest BCUT2D eigenvalue weighted by Gasteiger charge is 2.22. The maximum Gasteiger partial charge on any atom is 0.267 e. The van der Waals surface area contributed by atoms with Crippen molar-refractivity contribution in [3.8, 4) is 0 Å². The van der Waals surface area contributed by atoms with E-state index in [1.54, 1.807) is 0 Å². The van der Waals surface area contributed by atoms with Gasteiger partial charge in [-0.2, -0.15) is 8.42 Å². The molecular weight excluding hydrogens is 444 g/mol. The van der Waals surface area contributed by atoms with E-state index in [-0.39, 0.29) is 52.4 Å². The van der Waals surface area contributed by atoms with Crippen LogP contribution in [0.25, 0.3) is 0 Å². The Bertz CT molecular complexity index is 387. The zero-order valence-electron chi connectivity index (χ0n) is 18.3. The third-order valence-electron chi connectivity index (χ3n) is 2.77. The second-order valence-corrected chi connectivity index (χ2v) is 6.99. The van der Waals surface area contributed by atoms with E-state index < -0.39 is 28.1 Å². The van der Waals surface area contributed by atoms with Gasteiger partial charge in [0.05, 0.1) is 51.8 Å². The van der Waals surface area contributed by atoms with Gasteiger partial charge in [-0.05, 0) is 33.1 Å². The number of ether oxygens (including phenoxy) is 2. The van der Waals surface area contributed by atoms with Gasteiger partial charge < -0.3 is 50.3 Å². The van der Waals surface area contributed by atoms with E-state index in [9.17, 15) is 18.6 Å². The first-order valence-corrected chi connectivity index (χ1v) is 11.3. The first-order valence-electron chi connectivity index (χ1n) is 9.74. The van der Waals surface area contributed by atoms with Crippen molar-refractivity contribution in [2.45, 2.75) is 51.6 Å². The fourth-order valence-corrected chi connectivity index (χ4v) is 2.25. The molecule has 14 heteroatoms. The van der Waals surface area contributed by atoms with E-state index in [0.29, 0.717) is 26.1 Å². The monoisotopic (exact) mass is 486 g/mol. The van der Waals surface area contributed by atoms with E-state index in [1.165, 1.54) is 0 Å². The molecule has 0 aromatic heterocycles. The summed E-state index contributed by atoms with van der Waals surface area (Å²) in [5.41, 5.74) is 0. The van der Waals surface area contributed by atoms with Gasteiger partial charge in [0.25, 0.3) is 10.1 Å². The molecule has 0 aliphatic heterocycles. The summed E-state index contributed by atoms with van der Waals surface area (Å²) in [5.74, 6) is -0.867. The van der Waals surface area contributed by atoms with Gasteiger partial charge in [-0.15, -0.1) is 0 Å². The van der Waals surface area contributed by atoms with Gasteiger partial charge in [0.2, 0.25) is 0 Å². The second-order valence-electron chi connectivity index (χ2n) is 5.50. The zero-order chi connectivity index (χ0) is 25.1. The van der Waals surface area contributed by atoms with Gasteiger partial charge in [-0.1, -0.05) is 0 Å². The van der Waals surface area contributed by atoms with Crippen molar-refractivity contribution in [3.05, 3.63) is 0 Å². The Labute approximate surface area is 184 Å². The predicted molar refractivity (Wildman–Crippen MR) is 112 cm³/mol. The van der Waals surface area contributed by atoms with Crippen LogP contribution in [0.3, 0.4) is 0 Å². The van der Waals surface area contributed by atoms with E-state index in [0.717, 1.165) is 0 Å². The summed E-state index contributed by atoms with van der Waals surface area (Å²) < 4.78 is 40.2. The van der Waals surface area contributed by atoms with Gasteiger partial charge in [0.15, 0.2) is 6.29 Å². The Morgan fingerprint density at radius 2 is 1.03 bits per heavy atom. The lowest BCUT2D eigenvalue weighted by atomic mass is 10.1. The molecule has 2 atom stereocenters. The van der Waals surface area contributed by atoms with Gasteiger partial charge in [-0.25, -0.2) is 0 Å². The molecule has 0 amide bonds. The molecule has 0 radical (unpaired) electrons. The molecule has 0 heterocycles. The third-order valence-corrected chi connectivity index (χ3v) is 3.53.